The van der Waals surface area contributed by atoms with E-state index in [1.54, 1.807) is 18.2 Å². The summed E-state index contributed by atoms with van der Waals surface area (Å²) in [6.07, 6.45) is 4.63. The Hall–Kier alpha value is -0.934. The predicted molar refractivity (Wildman–Crippen MR) is 107 cm³/mol. The fraction of sp³-hybridized carbons (Fsp3) is 0.0526. The molecular weight excluding hydrogens is 455 g/mol. The second-order valence-corrected chi connectivity index (χ2v) is 6.58. The third-order valence-corrected chi connectivity index (χ3v) is 4.59. The molecule has 0 fully saturated rings. The van der Waals surface area contributed by atoms with Gasteiger partial charge in [-0.1, -0.05) is 11.6 Å². The maximum atomic E-state index is 6.10. The van der Waals surface area contributed by atoms with E-state index in [-0.39, 0.29) is 57.1 Å². The molecule has 1 aromatic carbocycles. The van der Waals surface area contributed by atoms with Crippen LogP contribution in [-0.2, 0) is 0 Å². The number of aromatic nitrogens is 3. The molecule has 2 aromatic heterocycles. The largest absolute Gasteiger partial charge is 1.00 e. The minimum atomic E-state index is 0. The van der Waals surface area contributed by atoms with E-state index in [4.69, 9.17) is 22.9 Å². The van der Waals surface area contributed by atoms with E-state index in [1.807, 2.05) is 25.1 Å². The fourth-order valence-corrected chi connectivity index (χ4v) is 2.73. The second-order valence-electron chi connectivity index (χ2n) is 5.36. The Labute approximate surface area is 213 Å². The summed E-state index contributed by atoms with van der Waals surface area (Å²) in [5.74, 6) is 1.49. The minimum absolute atomic E-state index is 0. The van der Waals surface area contributed by atoms with Crippen molar-refractivity contribution in [3.63, 3.8) is 0 Å². The molecule has 8 heteroatoms. The van der Waals surface area contributed by atoms with Gasteiger partial charge in [-0.3, -0.25) is 0 Å². The summed E-state index contributed by atoms with van der Waals surface area (Å²) in [6.45, 7) is 11.3. The van der Waals surface area contributed by atoms with E-state index in [0.717, 1.165) is 11.3 Å². The van der Waals surface area contributed by atoms with Crippen LogP contribution in [0.3, 0.4) is 0 Å². The van der Waals surface area contributed by atoms with Crippen LogP contribution >= 0.6 is 27.5 Å². The first-order valence-electron chi connectivity index (χ1n) is 7.58. The van der Waals surface area contributed by atoms with Crippen LogP contribution in [0.25, 0.3) is 11.0 Å². The van der Waals surface area contributed by atoms with E-state index in [0.29, 0.717) is 32.2 Å². The van der Waals surface area contributed by atoms with Crippen molar-refractivity contribution in [2.24, 2.45) is 0 Å². The molecule has 0 atom stereocenters. The van der Waals surface area contributed by atoms with Gasteiger partial charge in [0, 0.05) is 5.69 Å². The molecule has 5 nitrogen and oxygen atoms in total. The third kappa shape index (κ3) is 5.54. The molecule has 0 aliphatic carbocycles. The Balaban J connectivity index is 0.00000261. The topological polar surface area (TPSA) is 59.9 Å². The maximum Gasteiger partial charge on any atom is 1.00 e. The van der Waals surface area contributed by atoms with Crippen molar-refractivity contribution >= 4 is 50.1 Å². The van der Waals surface area contributed by atoms with Gasteiger partial charge in [0.15, 0.2) is 5.82 Å². The fourth-order valence-electron chi connectivity index (χ4n) is 2.29. The molecule has 0 unspecified atom stereocenters. The maximum absolute atomic E-state index is 6.10. The number of pyridine rings is 1. The van der Waals surface area contributed by atoms with Crippen LogP contribution in [0.2, 0.25) is 5.15 Å². The zero-order valence-corrected chi connectivity index (χ0v) is 20.3. The summed E-state index contributed by atoms with van der Waals surface area (Å²) < 4.78 is 6.25. The molecule has 2 heterocycles. The van der Waals surface area contributed by atoms with E-state index in [2.05, 4.69) is 43.1 Å². The summed E-state index contributed by atoms with van der Waals surface area (Å²) in [7, 11) is 0. The average molecular weight is 469 g/mol. The first kappa shape index (κ1) is 22.4. The Morgan fingerprint density at radius 3 is 2.81 bits per heavy atom. The predicted octanol–water partition coefficient (Wildman–Crippen LogP) is 2.58. The first-order chi connectivity index (χ1) is 12.5. The number of halogens is 2. The van der Waals surface area contributed by atoms with Crippen LogP contribution < -0.4 is 61.4 Å². The van der Waals surface area contributed by atoms with E-state index in [1.165, 1.54) is 6.33 Å². The second kappa shape index (κ2) is 10.0. The van der Waals surface area contributed by atoms with Crippen LogP contribution in [0, 0.1) is 20.4 Å². The number of nitrogens with zero attached hydrogens (tertiary/aromatic N) is 3. The van der Waals surface area contributed by atoms with Crippen molar-refractivity contribution in [1.29, 1.82) is 0 Å². The Bertz CT molecular complexity index is 1030. The molecule has 27 heavy (non-hydrogen) atoms. The number of hydrogen-bond acceptors (Lipinski definition) is 5. The van der Waals surface area contributed by atoms with E-state index >= 15 is 0 Å². The van der Waals surface area contributed by atoms with Gasteiger partial charge in [0.1, 0.15) is 22.7 Å². The van der Waals surface area contributed by atoms with Crippen LogP contribution in [-0.4, -0.2) is 15.0 Å². The monoisotopic (exact) mass is 467 g/mol. The SMILES string of the molecule is [CH-]=C(/C=C\[CH2-])Oc1ccc(Nc2ncnc3cc(Br)c(Cl)nc23)cc1C.[K+]. The van der Waals surface area contributed by atoms with Crippen molar-refractivity contribution < 1.29 is 56.1 Å². The van der Waals surface area contributed by atoms with Gasteiger partial charge in [-0.2, -0.15) is 6.08 Å². The van der Waals surface area contributed by atoms with Crippen LogP contribution in [0.15, 0.2) is 53.0 Å². The van der Waals surface area contributed by atoms with Gasteiger partial charge >= 0.3 is 51.4 Å². The number of aryl methyl sites for hydroxylation is 1. The van der Waals surface area contributed by atoms with Crippen LogP contribution in [0.4, 0.5) is 11.5 Å². The molecule has 0 aliphatic heterocycles. The quantitative estimate of drug-likeness (QED) is 0.205. The van der Waals surface area contributed by atoms with Crippen LogP contribution in [0.5, 0.6) is 5.75 Å². The molecule has 0 bridgehead atoms. The Morgan fingerprint density at radius 1 is 1.33 bits per heavy atom. The number of allylic oxidation sites excluding steroid dienone is 2. The number of nitrogens with one attached hydrogen (secondary N) is 1. The molecule has 3 rings (SSSR count). The zero-order valence-electron chi connectivity index (χ0n) is 14.8. The third-order valence-electron chi connectivity index (χ3n) is 3.47. The van der Waals surface area contributed by atoms with Gasteiger partial charge in [-0.25, -0.2) is 34.5 Å². The molecule has 0 saturated heterocycles. The van der Waals surface area contributed by atoms with Crippen molar-refractivity contribution in [1.82, 2.24) is 15.0 Å². The van der Waals surface area contributed by atoms with Gasteiger partial charge in [0.2, 0.25) is 0 Å². The van der Waals surface area contributed by atoms with Gasteiger partial charge in [0.25, 0.3) is 0 Å². The summed E-state index contributed by atoms with van der Waals surface area (Å²) in [4.78, 5) is 12.8. The van der Waals surface area contributed by atoms with Crippen LogP contribution in [0.1, 0.15) is 5.56 Å². The van der Waals surface area contributed by atoms with Crippen molar-refractivity contribution in [2.45, 2.75) is 6.92 Å². The Morgan fingerprint density at radius 2 is 2.11 bits per heavy atom. The van der Waals surface area contributed by atoms with Gasteiger partial charge in [0.05, 0.1) is 9.99 Å². The molecule has 0 radical (unpaired) electrons. The minimum Gasteiger partial charge on any atom is -0.496 e. The van der Waals surface area contributed by atoms with Crippen molar-refractivity contribution in [3.05, 3.63) is 77.2 Å². The van der Waals surface area contributed by atoms with Gasteiger partial charge < -0.3 is 10.1 Å². The number of anilines is 2. The van der Waals surface area contributed by atoms with E-state index in [9.17, 15) is 0 Å². The summed E-state index contributed by atoms with van der Waals surface area (Å²) in [5, 5.41) is 3.58. The molecule has 0 saturated carbocycles. The zero-order chi connectivity index (χ0) is 18.7. The number of rotatable bonds is 5. The number of fused-ring (bicyclic) bond motifs is 1. The standard InChI is InChI=1S/C19H14BrClN4O.K/c1-4-5-12(3)26-16-7-6-13(8-11(16)2)24-19-17-15(22-10-23-19)9-14(20)18(21)25-17;/h3-10H,1H2,2H3,(H,22,23,24);/q-2;+1/b5-4-;. The molecule has 132 valence electrons. The number of benzene rings is 1. The van der Waals surface area contributed by atoms with Crippen molar-refractivity contribution in [3.8, 4) is 5.75 Å². The van der Waals surface area contributed by atoms with Crippen molar-refractivity contribution in [2.75, 3.05) is 5.32 Å². The van der Waals surface area contributed by atoms with Gasteiger partial charge in [-0.15, -0.1) is 0 Å². The van der Waals surface area contributed by atoms with Gasteiger partial charge in [-0.05, 0) is 58.4 Å². The smallest absolute Gasteiger partial charge is 0.496 e. The molecule has 3 aromatic rings. The first-order valence-corrected chi connectivity index (χ1v) is 8.75. The van der Waals surface area contributed by atoms with E-state index < -0.39 is 0 Å². The summed E-state index contributed by atoms with van der Waals surface area (Å²) in [5.41, 5.74) is 2.99. The molecule has 1 N–H and O–H groups in total. The molecule has 0 spiro atoms. The average Bonchev–Trinajstić information content (AvgIpc) is 2.59. The normalized spacial score (nSPS) is 10.6. The molecular formula is C19H14BrClKN4O-. The number of hydrogen-bond donors (Lipinski definition) is 1. The Kier molecular flexibility index (Phi) is 8.30. The number of ether oxygens (including phenoxy) is 1. The molecule has 0 amide bonds. The summed E-state index contributed by atoms with van der Waals surface area (Å²) >= 11 is 9.45. The molecule has 0 aliphatic rings. The summed E-state index contributed by atoms with van der Waals surface area (Å²) in [6, 6.07) is 7.40.